The average Bonchev–Trinajstić information content (AvgIpc) is 2.24. The van der Waals surface area contributed by atoms with Gasteiger partial charge in [-0.25, -0.2) is 0 Å². The monoisotopic (exact) mass is 264 g/mol. The Morgan fingerprint density at radius 1 is 1.28 bits per heavy atom. The van der Waals surface area contributed by atoms with Crippen molar-refractivity contribution in [3.8, 4) is 0 Å². The second-order valence-corrected chi connectivity index (χ2v) is 6.60. The molecule has 18 heavy (non-hydrogen) atoms. The maximum absolute atomic E-state index is 5.74. The zero-order valence-electron chi connectivity index (χ0n) is 11.8. The smallest absolute Gasteiger partial charge is 0.0746 e. The molecule has 0 amide bonds. The van der Waals surface area contributed by atoms with Crippen LogP contribution in [-0.2, 0) is 0 Å². The Kier molecular flexibility index (Phi) is 5.29. The lowest BCUT2D eigenvalue weighted by atomic mass is 9.93. The summed E-state index contributed by atoms with van der Waals surface area (Å²) in [6, 6.07) is 10.7. The molecule has 3 heteroatoms. The van der Waals surface area contributed by atoms with Gasteiger partial charge in [0.05, 0.1) is 4.99 Å². The number of nitrogens with two attached hydrogens (primary N) is 1. The first-order valence-electron chi connectivity index (χ1n) is 6.33. The fourth-order valence-corrected chi connectivity index (χ4v) is 2.41. The van der Waals surface area contributed by atoms with Crippen LogP contribution in [0.1, 0.15) is 38.8 Å². The zero-order chi connectivity index (χ0) is 13.8. The van der Waals surface area contributed by atoms with E-state index in [0.717, 1.165) is 13.0 Å². The van der Waals surface area contributed by atoms with Gasteiger partial charge in [-0.3, -0.25) is 4.90 Å². The van der Waals surface area contributed by atoms with Gasteiger partial charge in [-0.1, -0.05) is 63.3 Å². The number of hydrogen-bond acceptors (Lipinski definition) is 2. The van der Waals surface area contributed by atoms with Gasteiger partial charge in [0.2, 0.25) is 0 Å². The van der Waals surface area contributed by atoms with E-state index >= 15 is 0 Å². The van der Waals surface area contributed by atoms with Crippen LogP contribution in [0.2, 0.25) is 0 Å². The van der Waals surface area contributed by atoms with Gasteiger partial charge >= 0.3 is 0 Å². The summed E-state index contributed by atoms with van der Waals surface area (Å²) in [5.41, 5.74) is 7.27. The molecule has 0 aromatic heterocycles. The van der Waals surface area contributed by atoms with Crippen LogP contribution in [-0.4, -0.2) is 23.5 Å². The molecular weight excluding hydrogens is 240 g/mol. The van der Waals surface area contributed by atoms with Crippen LogP contribution in [0.3, 0.4) is 0 Å². The molecule has 1 rings (SSSR count). The fourth-order valence-electron chi connectivity index (χ4n) is 2.25. The lowest BCUT2D eigenvalue weighted by Crippen LogP contribution is -2.34. The number of hydrogen-bond donors (Lipinski definition) is 1. The van der Waals surface area contributed by atoms with Gasteiger partial charge in [0.15, 0.2) is 0 Å². The van der Waals surface area contributed by atoms with Gasteiger partial charge in [0, 0.05) is 19.0 Å². The molecule has 0 fully saturated rings. The number of rotatable bonds is 5. The molecule has 100 valence electrons. The first kappa shape index (κ1) is 15.1. The first-order valence-corrected chi connectivity index (χ1v) is 6.74. The summed E-state index contributed by atoms with van der Waals surface area (Å²) in [5.74, 6) is 0. The fraction of sp³-hybridized carbons (Fsp3) is 0.533. The van der Waals surface area contributed by atoms with E-state index in [2.05, 4.69) is 57.0 Å². The maximum Gasteiger partial charge on any atom is 0.0746 e. The zero-order valence-corrected chi connectivity index (χ0v) is 12.6. The van der Waals surface area contributed by atoms with E-state index in [1.807, 2.05) is 6.07 Å². The Morgan fingerprint density at radius 2 is 1.83 bits per heavy atom. The minimum absolute atomic E-state index is 0.262. The normalized spacial score (nSPS) is 13.6. The van der Waals surface area contributed by atoms with Crippen molar-refractivity contribution in [2.75, 3.05) is 13.6 Å². The molecule has 0 saturated heterocycles. The molecule has 2 N–H and O–H groups in total. The molecule has 2 nitrogen and oxygen atoms in total. The summed E-state index contributed by atoms with van der Waals surface area (Å²) >= 11 is 5.08. The molecule has 1 aromatic carbocycles. The lowest BCUT2D eigenvalue weighted by molar-refractivity contribution is 0.175. The van der Waals surface area contributed by atoms with Crippen molar-refractivity contribution in [3.63, 3.8) is 0 Å². The van der Waals surface area contributed by atoms with E-state index in [4.69, 9.17) is 18.0 Å². The highest BCUT2D eigenvalue weighted by molar-refractivity contribution is 7.80. The molecule has 0 radical (unpaired) electrons. The van der Waals surface area contributed by atoms with Crippen LogP contribution in [0.15, 0.2) is 30.3 Å². The lowest BCUT2D eigenvalue weighted by Gasteiger charge is -2.33. The molecule has 0 bridgehead atoms. The number of thiocarbonyl (C=S) groups is 1. The summed E-state index contributed by atoms with van der Waals surface area (Å²) in [7, 11) is 2.14. The predicted molar refractivity (Wildman–Crippen MR) is 82.7 cm³/mol. The van der Waals surface area contributed by atoms with Crippen molar-refractivity contribution in [3.05, 3.63) is 35.9 Å². The van der Waals surface area contributed by atoms with E-state index in [0.29, 0.717) is 4.99 Å². The average molecular weight is 264 g/mol. The minimum atomic E-state index is 0.262. The molecule has 0 heterocycles. The Labute approximate surface area is 116 Å². The highest BCUT2D eigenvalue weighted by Gasteiger charge is 2.22. The van der Waals surface area contributed by atoms with Gasteiger partial charge < -0.3 is 5.73 Å². The van der Waals surface area contributed by atoms with Crippen LogP contribution in [0, 0.1) is 5.41 Å². The summed E-state index contributed by atoms with van der Waals surface area (Å²) < 4.78 is 0. The van der Waals surface area contributed by atoms with Crippen LogP contribution in [0.5, 0.6) is 0 Å². The molecule has 0 aliphatic rings. The van der Waals surface area contributed by atoms with Crippen LogP contribution >= 0.6 is 12.2 Å². The minimum Gasteiger partial charge on any atom is -0.393 e. The Bertz CT molecular complexity index is 381. The molecule has 1 aromatic rings. The van der Waals surface area contributed by atoms with Crippen molar-refractivity contribution >= 4 is 17.2 Å². The molecule has 0 aliphatic carbocycles. The molecule has 0 aliphatic heterocycles. The molecule has 1 unspecified atom stereocenters. The number of benzene rings is 1. The second kappa shape index (κ2) is 6.30. The van der Waals surface area contributed by atoms with Crippen LogP contribution < -0.4 is 5.73 Å². The van der Waals surface area contributed by atoms with Gasteiger partial charge in [0.1, 0.15) is 0 Å². The van der Waals surface area contributed by atoms with E-state index in [1.165, 1.54) is 5.56 Å². The first-order chi connectivity index (χ1) is 8.29. The third-order valence-electron chi connectivity index (χ3n) is 2.83. The largest absolute Gasteiger partial charge is 0.393 e. The summed E-state index contributed by atoms with van der Waals surface area (Å²) in [6.07, 6.45) is 0.728. The van der Waals surface area contributed by atoms with E-state index < -0.39 is 0 Å². The van der Waals surface area contributed by atoms with Crippen LogP contribution in [0.4, 0.5) is 0 Å². The Morgan fingerprint density at radius 3 is 2.28 bits per heavy atom. The third-order valence-corrected chi connectivity index (χ3v) is 3.00. The molecule has 1 atom stereocenters. The Hall–Kier alpha value is -0.930. The van der Waals surface area contributed by atoms with E-state index in [9.17, 15) is 0 Å². The maximum atomic E-state index is 5.74. The van der Waals surface area contributed by atoms with E-state index in [-0.39, 0.29) is 11.5 Å². The molecule has 0 spiro atoms. The van der Waals surface area contributed by atoms with Gasteiger partial charge in [-0.05, 0) is 18.0 Å². The highest BCUT2D eigenvalue weighted by Crippen LogP contribution is 2.26. The van der Waals surface area contributed by atoms with Crippen molar-refractivity contribution in [1.29, 1.82) is 0 Å². The summed E-state index contributed by atoms with van der Waals surface area (Å²) in [4.78, 5) is 2.92. The van der Waals surface area contributed by atoms with E-state index in [1.54, 1.807) is 0 Å². The summed E-state index contributed by atoms with van der Waals surface area (Å²) in [6.45, 7) is 7.74. The quantitative estimate of drug-likeness (QED) is 0.827. The number of nitrogens with zero attached hydrogens (tertiary/aromatic N) is 1. The standard InChI is InChI=1S/C15H24N2S/c1-15(2,3)11-17(4)13(10-14(16)18)12-8-6-5-7-9-12/h5-9,13H,10-11H2,1-4H3,(H2,16,18). The van der Waals surface area contributed by atoms with Crippen molar-refractivity contribution in [2.45, 2.75) is 33.2 Å². The van der Waals surface area contributed by atoms with Gasteiger partial charge in [0.25, 0.3) is 0 Å². The topological polar surface area (TPSA) is 29.3 Å². The second-order valence-electron chi connectivity index (χ2n) is 6.07. The van der Waals surface area contributed by atoms with Crippen molar-refractivity contribution < 1.29 is 0 Å². The van der Waals surface area contributed by atoms with Crippen molar-refractivity contribution in [2.24, 2.45) is 11.1 Å². The third kappa shape index (κ3) is 5.15. The Balaban J connectivity index is 2.88. The van der Waals surface area contributed by atoms with Gasteiger partial charge in [-0.15, -0.1) is 0 Å². The SMILES string of the molecule is CN(CC(C)(C)C)C(CC(N)=S)c1ccccc1. The van der Waals surface area contributed by atoms with Crippen molar-refractivity contribution in [1.82, 2.24) is 4.90 Å². The van der Waals surface area contributed by atoms with Crippen LogP contribution in [0.25, 0.3) is 0 Å². The summed E-state index contributed by atoms with van der Waals surface area (Å²) in [5, 5.41) is 0. The van der Waals surface area contributed by atoms with Gasteiger partial charge in [-0.2, -0.15) is 0 Å². The predicted octanol–water partition coefficient (Wildman–Crippen LogP) is 3.38. The molecule has 0 saturated carbocycles. The highest BCUT2D eigenvalue weighted by atomic mass is 32.1. The molecular formula is C15H24N2S.